The van der Waals surface area contributed by atoms with Gasteiger partial charge in [-0.05, 0) is 44.4 Å². The number of hydrogen-bond acceptors (Lipinski definition) is 5. The van der Waals surface area contributed by atoms with Gasteiger partial charge in [0.25, 0.3) is 0 Å². The molecule has 134 valence electrons. The summed E-state index contributed by atoms with van der Waals surface area (Å²) in [5, 5.41) is 12.4. The lowest BCUT2D eigenvalue weighted by Gasteiger charge is -2.21. The van der Waals surface area contributed by atoms with Gasteiger partial charge < -0.3 is 19.9 Å². The first kappa shape index (κ1) is 19.9. The van der Waals surface area contributed by atoms with Crippen LogP contribution in [0.15, 0.2) is 18.2 Å². The molecule has 6 nitrogen and oxygen atoms in total. The topological polar surface area (TPSA) is 84.9 Å². The molecule has 1 rings (SSSR count). The van der Waals surface area contributed by atoms with Crippen molar-refractivity contribution in [2.24, 2.45) is 0 Å². The monoisotopic (exact) mass is 341 g/mol. The molecule has 0 saturated carbocycles. The normalized spacial score (nSPS) is 13.0. The van der Waals surface area contributed by atoms with Gasteiger partial charge in [-0.1, -0.05) is 6.07 Å². The van der Waals surface area contributed by atoms with E-state index in [2.05, 4.69) is 5.32 Å². The highest BCUT2D eigenvalue weighted by atomic mass is 19.1. The summed E-state index contributed by atoms with van der Waals surface area (Å²) >= 11 is 0. The van der Waals surface area contributed by atoms with Gasteiger partial charge in [0, 0.05) is 6.42 Å². The number of methoxy groups -OCH3 is 1. The molecule has 0 radical (unpaired) electrons. The lowest BCUT2D eigenvalue weighted by Crippen LogP contribution is -2.47. The number of ether oxygens (including phenoxy) is 2. The zero-order valence-electron chi connectivity index (χ0n) is 14.2. The molecule has 0 heterocycles. The number of benzene rings is 1. The molecular weight excluding hydrogens is 317 g/mol. The van der Waals surface area contributed by atoms with Crippen molar-refractivity contribution in [3.63, 3.8) is 0 Å². The minimum Gasteiger partial charge on any atom is -0.494 e. The molecule has 2 N–H and O–H groups in total. The SMILES string of the molecule is CCOC(=O)[C@@](C)(O)CNC(=O)CCCc1ccc(OC)c(F)c1. The van der Waals surface area contributed by atoms with Crippen molar-refractivity contribution < 1.29 is 28.6 Å². The van der Waals surface area contributed by atoms with E-state index in [0.717, 1.165) is 5.56 Å². The molecule has 7 heteroatoms. The van der Waals surface area contributed by atoms with Crippen molar-refractivity contribution in [2.45, 2.75) is 38.7 Å². The summed E-state index contributed by atoms with van der Waals surface area (Å²) in [7, 11) is 1.40. The van der Waals surface area contributed by atoms with E-state index >= 15 is 0 Å². The van der Waals surface area contributed by atoms with Gasteiger partial charge in [0.1, 0.15) is 0 Å². The number of amides is 1. The molecule has 0 spiro atoms. The highest BCUT2D eigenvalue weighted by Crippen LogP contribution is 2.18. The number of hydrogen-bond donors (Lipinski definition) is 2. The Morgan fingerprint density at radius 1 is 1.38 bits per heavy atom. The molecule has 0 fully saturated rings. The Morgan fingerprint density at radius 2 is 2.08 bits per heavy atom. The van der Waals surface area contributed by atoms with Crippen molar-refractivity contribution in [2.75, 3.05) is 20.3 Å². The number of nitrogens with one attached hydrogen (secondary N) is 1. The predicted molar refractivity (Wildman–Crippen MR) is 86.2 cm³/mol. The summed E-state index contributed by atoms with van der Waals surface area (Å²) in [5.74, 6) is -1.34. The number of halogens is 1. The van der Waals surface area contributed by atoms with Crippen molar-refractivity contribution in [3.05, 3.63) is 29.6 Å². The molecule has 0 aliphatic rings. The summed E-state index contributed by atoms with van der Waals surface area (Å²) in [6.07, 6.45) is 1.24. The van der Waals surface area contributed by atoms with Crippen molar-refractivity contribution >= 4 is 11.9 Å². The van der Waals surface area contributed by atoms with Gasteiger partial charge in [0.15, 0.2) is 17.2 Å². The van der Waals surface area contributed by atoms with Gasteiger partial charge in [-0.2, -0.15) is 0 Å². The first-order chi connectivity index (χ1) is 11.3. The fourth-order valence-electron chi connectivity index (χ4n) is 2.04. The fourth-order valence-corrected chi connectivity index (χ4v) is 2.04. The Kier molecular flexibility index (Phi) is 7.64. The molecule has 0 unspecified atom stereocenters. The van der Waals surface area contributed by atoms with E-state index in [4.69, 9.17) is 9.47 Å². The van der Waals surface area contributed by atoms with Crippen LogP contribution in [0.2, 0.25) is 0 Å². The van der Waals surface area contributed by atoms with E-state index in [0.29, 0.717) is 12.8 Å². The lowest BCUT2D eigenvalue weighted by molar-refractivity contribution is -0.162. The summed E-state index contributed by atoms with van der Waals surface area (Å²) in [6.45, 7) is 2.85. The van der Waals surface area contributed by atoms with Crippen LogP contribution in [0.4, 0.5) is 4.39 Å². The minimum atomic E-state index is -1.76. The molecule has 0 aliphatic carbocycles. The minimum absolute atomic E-state index is 0.154. The van der Waals surface area contributed by atoms with E-state index in [1.54, 1.807) is 19.1 Å². The maximum absolute atomic E-state index is 13.6. The summed E-state index contributed by atoms with van der Waals surface area (Å²) < 4.78 is 23.1. The number of aliphatic hydroxyl groups is 1. The van der Waals surface area contributed by atoms with Gasteiger partial charge in [0.2, 0.25) is 5.91 Å². The number of carbonyl (C=O) groups excluding carboxylic acids is 2. The van der Waals surface area contributed by atoms with Crippen molar-refractivity contribution in [1.82, 2.24) is 5.32 Å². The zero-order valence-corrected chi connectivity index (χ0v) is 14.2. The first-order valence-corrected chi connectivity index (χ1v) is 7.79. The molecule has 0 aliphatic heterocycles. The third-order valence-corrected chi connectivity index (χ3v) is 3.43. The second-order valence-electron chi connectivity index (χ2n) is 5.59. The average Bonchev–Trinajstić information content (AvgIpc) is 2.53. The summed E-state index contributed by atoms with van der Waals surface area (Å²) in [4.78, 5) is 23.3. The first-order valence-electron chi connectivity index (χ1n) is 7.79. The number of aryl methyl sites for hydroxylation is 1. The molecular formula is C17H24FNO5. The largest absolute Gasteiger partial charge is 0.494 e. The second kappa shape index (κ2) is 9.22. The van der Waals surface area contributed by atoms with Crippen molar-refractivity contribution in [3.8, 4) is 5.75 Å². The average molecular weight is 341 g/mol. The maximum atomic E-state index is 13.6. The third-order valence-electron chi connectivity index (χ3n) is 3.43. The van der Waals surface area contributed by atoms with Crippen LogP contribution in [0.25, 0.3) is 0 Å². The van der Waals surface area contributed by atoms with Crippen LogP contribution in [0.1, 0.15) is 32.3 Å². The number of rotatable bonds is 9. The highest BCUT2D eigenvalue weighted by Gasteiger charge is 2.32. The van der Waals surface area contributed by atoms with Gasteiger partial charge in [-0.15, -0.1) is 0 Å². The second-order valence-corrected chi connectivity index (χ2v) is 5.59. The van der Waals surface area contributed by atoms with Crippen LogP contribution < -0.4 is 10.1 Å². The van der Waals surface area contributed by atoms with Crippen LogP contribution in [0.5, 0.6) is 5.75 Å². The predicted octanol–water partition coefficient (Wildman–Crippen LogP) is 1.59. The molecule has 1 aromatic carbocycles. The van der Waals surface area contributed by atoms with E-state index in [1.807, 2.05) is 0 Å². The van der Waals surface area contributed by atoms with Crippen LogP contribution in [0.3, 0.4) is 0 Å². The van der Waals surface area contributed by atoms with Crippen LogP contribution >= 0.6 is 0 Å². The van der Waals surface area contributed by atoms with Crippen molar-refractivity contribution in [1.29, 1.82) is 0 Å². The van der Waals surface area contributed by atoms with Crippen LogP contribution in [0, 0.1) is 5.82 Å². The van der Waals surface area contributed by atoms with E-state index in [-0.39, 0.29) is 31.2 Å². The Balaban J connectivity index is 2.36. The molecule has 1 aromatic rings. The Morgan fingerprint density at radius 3 is 2.67 bits per heavy atom. The number of carbonyl (C=O) groups is 2. The Labute approximate surface area is 141 Å². The third kappa shape index (κ3) is 6.16. The standard InChI is InChI=1S/C17H24FNO5/c1-4-24-16(21)17(2,22)11-19-15(20)7-5-6-12-8-9-14(23-3)13(18)10-12/h8-10,22H,4-7,11H2,1-3H3,(H,19,20)/t17-/m0/s1. The zero-order chi connectivity index (χ0) is 18.2. The molecule has 24 heavy (non-hydrogen) atoms. The molecule has 1 atom stereocenters. The fraction of sp³-hybridized carbons (Fsp3) is 0.529. The van der Waals surface area contributed by atoms with Crippen LogP contribution in [-0.4, -0.2) is 42.8 Å². The lowest BCUT2D eigenvalue weighted by atomic mass is 10.1. The van der Waals surface area contributed by atoms with Crippen LogP contribution in [-0.2, 0) is 20.7 Å². The van der Waals surface area contributed by atoms with Gasteiger partial charge in [-0.25, -0.2) is 9.18 Å². The van der Waals surface area contributed by atoms with Gasteiger partial charge in [0.05, 0.1) is 20.3 Å². The molecule has 0 aromatic heterocycles. The van der Waals surface area contributed by atoms with E-state index in [9.17, 15) is 19.1 Å². The molecule has 0 bridgehead atoms. The Hall–Kier alpha value is -2.15. The van der Waals surface area contributed by atoms with Gasteiger partial charge >= 0.3 is 5.97 Å². The smallest absolute Gasteiger partial charge is 0.339 e. The summed E-state index contributed by atoms with van der Waals surface area (Å²) in [6, 6.07) is 4.66. The Bertz CT molecular complexity index is 574. The molecule has 0 saturated heterocycles. The van der Waals surface area contributed by atoms with E-state index < -0.39 is 17.4 Å². The number of esters is 1. The highest BCUT2D eigenvalue weighted by molar-refractivity contribution is 5.81. The maximum Gasteiger partial charge on any atom is 0.339 e. The van der Waals surface area contributed by atoms with E-state index in [1.165, 1.54) is 20.1 Å². The summed E-state index contributed by atoms with van der Waals surface area (Å²) in [5.41, 5.74) is -0.996. The quantitative estimate of drug-likeness (QED) is 0.666. The van der Waals surface area contributed by atoms with Gasteiger partial charge in [-0.3, -0.25) is 4.79 Å². The molecule has 1 amide bonds.